The molecule has 0 spiro atoms. The van der Waals surface area contributed by atoms with E-state index in [2.05, 4.69) is 15.6 Å². The third-order valence-electron chi connectivity index (χ3n) is 3.79. The Hall–Kier alpha value is -3.74. The maximum atomic E-state index is 12.5. The van der Waals surface area contributed by atoms with E-state index in [0.29, 0.717) is 22.9 Å². The quantitative estimate of drug-likeness (QED) is 0.668. The van der Waals surface area contributed by atoms with Crippen LogP contribution in [0.15, 0.2) is 60.7 Å². The van der Waals surface area contributed by atoms with Crippen molar-refractivity contribution in [1.82, 2.24) is 4.98 Å². The average Bonchev–Trinajstić information content (AvgIpc) is 3.12. The van der Waals surface area contributed by atoms with Crippen LogP contribution in [0.4, 0.5) is 22.9 Å². The average molecular weight is 348 g/mol. The molecule has 1 aliphatic heterocycles. The lowest BCUT2D eigenvalue weighted by molar-refractivity contribution is 0.102. The lowest BCUT2D eigenvalue weighted by Crippen LogP contribution is -2.14. The number of nitrogen functional groups attached to an aromatic ring is 1. The van der Waals surface area contributed by atoms with Gasteiger partial charge in [-0.15, -0.1) is 0 Å². The molecule has 1 aromatic heterocycles. The largest absolute Gasteiger partial charge is 0.454 e. The molecule has 1 aliphatic rings. The number of ether oxygens (including phenoxy) is 2. The van der Waals surface area contributed by atoms with E-state index in [1.807, 2.05) is 36.4 Å². The highest BCUT2D eigenvalue weighted by atomic mass is 16.7. The van der Waals surface area contributed by atoms with E-state index in [9.17, 15) is 4.79 Å². The molecule has 0 bridgehead atoms. The predicted molar refractivity (Wildman–Crippen MR) is 98.9 cm³/mol. The number of anilines is 4. The third kappa shape index (κ3) is 3.23. The first kappa shape index (κ1) is 15.8. The van der Waals surface area contributed by atoms with Crippen molar-refractivity contribution in [3.05, 3.63) is 66.4 Å². The molecular weight excluding hydrogens is 332 g/mol. The SMILES string of the molecule is Nc1cc(Nc2cccc3c2OCO3)cc(C(=O)Nc2ccccc2)n1. The summed E-state index contributed by atoms with van der Waals surface area (Å²) in [4.78, 5) is 16.6. The van der Waals surface area contributed by atoms with Crippen molar-refractivity contribution in [3.8, 4) is 11.5 Å². The Bertz CT molecular complexity index is 960. The second kappa shape index (κ2) is 6.64. The number of nitrogens with one attached hydrogen (secondary N) is 2. The van der Waals surface area contributed by atoms with Gasteiger partial charge in [-0.2, -0.15) is 0 Å². The fourth-order valence-electron chi connectivity index (χ4n) is 2.64. The Kier molecular flexibility index (Phi) is 4.03. The number of hydrogen-bond donors (Lipinski definition) is 3. The molecule has 0 fully saturated rings. The standard InChI is InChI=1S/C19H16N4O3/c20-17-10-13(21-14-7-4-8-16-18(14)26-11-25-16)9-15(23-17)19(24)22-12-5-2-1-3-6-12/h1-10H,11H2,(H,22,24)(H3,20,21,23). The molecule has 4 rings (SSSR count). The zero-order valence-corrected chi connectivity index (χ0v) is 13.7. The highest BCUT2D eigenvalue weighted by Gasteiger charge is 2.18. The van der Waals surface area contributed by atoms with Gasteiger partial charge in [-0.05, 0) is 30.3 Å². The maximum Gasteiger partial charge on any atom is 0.274 e. The van der Waals surface area contributed by atoms with Gasteiger partial charge in [0.2, 0.25) is 6.79 Å². The van der Waals surface area contributed by atoms with Gasteiger partial charge in [-0.3, -0.25) is 4.79 Å². The van der Waals surface area contributed by atoms with Gasteiger partial charge in [0.05, 0.1) is 5.69 Å². The number of nitrogens with zero attached hydrogens (tertiary/aromatic N) is 1. The highest BCUT2D eigenvalue weighted by molar-refractivity contribution is 6.03. The number of pyridine rings is 1. The van der Waals surface area contributed by atoms with Crippen molar-refractivity contribution in [2.75, 3.05) is 23.2 Å². The summed E-state index contributed by atoms with van der Waals surface area (Å²) in [6.07, 6.45) is 0. The van der Waals surface area contributed by atoms with Gasteiger partial charge < -0.3 is 25.8 Å². The van der Waals surface area contributed by atoms with Crippen LogP contribution in [0, 0.1) is 0 Å². The van der Waals surface area contributed by atoms with Gasteiger partial charge in [-0.25, -0.2) is 4.98 Å². The lowest BCUT2D eigenvalue weighted by atomic mass is 10.2. The molecule has 3 aromatic rings. The van der Waals surface area contributed by atoms with Crippen molar-refractivity contribution in [3.63, 3.8) is 0 Å². The Balaban J connectivity index is 1.59. The van der Waals surface area contributed by atoms with E-state index in [0.717, 1.165) is 5.69 Å². The number of carbonyl (C=O) groups excluding carboxylic acids is 1. The Morgan fingerprint density at radius 3 is 2.69 bits per heavy atom. The summed E-state index contributed by atoms with van der Waals surface area (Å²) in [6.45, 7) is 0.178. The number of nitrogens with two attached hydrogens (primary N) is 1. The third-order valence-corrected chi connectivity index (χ3v) is 3.79. The Labute approximate surface area is 149 Å². The summed E-state index contributed by atoms with van der Waals surface area (Å²) >= 11 is 0. The number of carbonyl (C=O) groups is 1. The van der Waals surface area contributed by atoms with Crippen molar-refractivity contribution in [2.24, 2.45) is 0 Å². The molecular formula is C19H16N4O3. The second-order valence-corrected chi connectivity index (χ2v) is 5.65. The molecule has 1 amide bonds. The van der Waals surface area contributed by atoms with Gasteiger partial charge in [0.15, 0.2) is 11.5 Å². The topological polar surface area (TPSA) is 98.5 Å². The fourth-order valence-corrected chi connectivity index (χ4v) is 2.64. The summed E-state index contributed by atoms with van der Waals surface area (Å²) in [5.41, 5.74) is 8.11. The van der Waals surface area contributed by atoms with E-state index in [4.69, 9.17) is 15.2 Å². The van der Waals surface area contributed by atoms with Crippen LogP contribution in [0.3, 0.4) is 0 Å². The van der Waals surface area contributed by atoms with Crippen molar-refractivity contribution in [2.45, 2.75) is 0 Å². The molecule has 130 valence electrons. The molecule has 7 nitrogen and oxygen atoms in total. The predicted octanol–water partition coefficient (Wildman–Crippen LogP) is 3.39. The minimum absolute atomic E-state index is 0.178. The smallest absolute Gasteiger partial charge is 0.274 e. The number of para-hydroxylation sites is 2. The van der Waals surface area contributed by atoms with Crippen LogP contribution in [0.25, 0.3) is 0 Å². The molecule has 0 atom stereocenters. The zero-order chi connectivity index (χ0) is 17.9. The molecule has 26 heavy (non-hydrogen) atoms. The van der Waals surface area contributed by atoms with E-state index < -0.39 is 0 Å². The number of hydrogen-bond acceptors (Lipinski definition) is 6. The normalized spacial score (nSPS) is 11.8. The summed E-state index contributed by atoms with van der Waals surface area (Å²) in [6, 6.07) is 18.0. The molecule has 2 heterocycles. The maximum absolute atomic E-state index is 12.5. The van der Waals surface area contributed by atoms with Crippen LogP contribution in [-0.4, -0.2) is 17.7 Å². The van der Waals surface area contributed by atoms with Gasteiger partial charge in [0.25, 0.3) is 5.91 Å². The van der Waals surface area contributed by atoms with Crippen LogP contribution >= 0.6 is 0 Å². The molecule has 0 radical (unpaired) electrons. The van der Waals surface area contributed by atoms with Gasteiger partial charge in [-0.1, -0.05) is 24.3 Å². The zero-order valence-electron chi connectivity index (χ0n) is 13.7. The molecule has 0 saturated carbocycles. The van der Waals surface area contributed by atoms with E-state index in [-0.39, 0.29) is 24.2 Å². The first-order valence-electron chi connectivity index (χ1n) is 7.99. The van der Waals surface area contributed by atoms with Crippen molar-refractivity contribution >= 4 is 28.8 Å². The number of amides is 1. The number of rotatable bonds is 4. The Morgan fingerprint density at radius 2 is 1.85 bits per heavy atom. The first-order valence-corrected chi connectivity index (χ1v) is 7.99. The van der Waals surface area contributed by atoms with E-state index in [1.165, 1.54) is 0 Å². The molecule has 0 saturated heterocycles. The van der Waals surface area contributed by atoms with Crippen molar-refractivity contribution in [1.29, 1.82) is 0 Å². The van der Waals surface area contributed by atoms with Crippen molar-refractivity contribution < 1.29 is 14.3 Å². The lowest BCUT2D eigenvalue weighted by Gasteiger charge is -2.11. The number of fused-ring (bicyclic) bond motifs is 1. The van der Waals surface area contributed by atoms with Gasteiger partial charge in [0, 0.05) is 17.4 Å². The highest BCUT2D eigenvalue weighted by Crippen LogP contribution is 2.40. The monoisotopic (exact) mass is 348 g/mol. The van der Waals surface area contributed by atoms with Crippen LogP contribution in [0.2, 0.25) is 0 Å². The summed E-state index contributed by atoms with van der Waals surface area (Å²) in [7, 11) is 0. The van der Waals surface area contributed by atoms with E-state index in [1.54, 1.807) is 24.3 Å². The van der Waals surface area contributed by atoms with E-state index >= 15 is 0 Å². The molecule has 0 unspecified atom stereocenters. The molecule has 7 heteroatoms. The molecule has 4 N–H and O–H groups in total. The minimum atomic E-state index is -0.343. The summed E-state index contributed by atoms with van der Waals surface area (Å²) in [5.74, 6) is 1.18. The number of aromatic nitrogens is 1. The summed E-state index contributed by atoms with van der Waals surface area (Å²) < 4.78 is 10.8. The van der Waals surface area contributed by atoms with Crippen LogP contribution in [-0.2, 0) is 0 Å². The molecule has 0 aliphatic carbocycles. The van der Waals surface area contributed by atoms with Crippen LogP contribution in [0.1, 0.15) is 10.5 Å². The van der Waals surface area contributed by atoms with Crippen LogP contribution in [0.5, 0.6) is 11.5 Å². The van der Waals surface area contributed by atoms with Gasteiger partial charge in [0.1, 0.15) is 11.5 Å². The summed E-state index contributed by atoms with van der Waals surface area (Å²) in [5, 5.41) is 5.99. The van der Waals surface area contributed by atoms with Crippen LogP contribution < -0.4 is 25.8 Å². The van der Waals surface area contributed by atoms with Gasteiger partial charge >= 0.3 is 0 Å². The minimum Gasteiger partial charge on any atom is -0.454 e. The second-order valence-electron chi connectivity index (χ2n) is 5.65. The first-order chi connectivity index (χ1) is 12.7. The fraction of sp³-hybridized carbons (Fsp3) is 0.0526. The Morgan fingerprint density at radius 1 is 1.00 bits per heavy atom. The molecule has 2 aromatic carbocycles. The number of benzene rings is 2.